The number of benzene rings is 9. The average molecular weight is 736 g/mol. The van der Waals surface area contributed by atoms with Crippen LogP contribution in [0.25, 0.3) is 77.2 Å². The second-order valence-electron chi connectivity index (χ2n) is 14.3. The minimum atomic E-state index is 0.860. The maximum atomic E-state index is 6.39. The average Bonchev–Trinajstić information content (AvgIpc) is 3.64. The van der Waals surface area contributed by atoms with E-state index < -0.39 is 0 Å². The van der Waals surface area contributed by atoms with Crippen LogP contribution in [-0.2, 0) is 0 Å². The third-order valence-electron chi connectivity index (χ3n) is 11.0. The molecule has 10 rings (SSSR count). The van der Waals surface area contributed by atoms with Gasteiger partial charge >= 0.3 is 0 Å². The van der Waals surface area contributed by atoms with E-state index in [9.17, 15) is 0 Å². The lowest BCUT2D eigenvalue weighted by Crippen LogP contribution is -2.10. The molecule has 56 heavy (non-hydrogen) atoms. The zero-order chi connectivity index (χ0) is 37.6. The number of hydrogen-bond acceptors (Lipinski definition) is 3. The van der Waals surface area contributed by atoms with Gasteiger partial charge in [-0.15, -0.1) is 12.6 Å². The Morgan fingerprint density at radius 3 is 1.62 bits per heavy atom. The van der Waals surface area contributed by atoms with Gasteiger partial charge in [-0.3, -0.25) is 0 Å². The van der Waals surface area contributed by atoms with Gasteiger partial charge in [0.25, 0.3) is 0 Å². The van der Waals surface area contributed by atoms with E-state index in [4.69, 9.17) is 17.0 Å². The molecule has 0 saturated carbocycles. The van der Waals surface area contributed by atoms with Crippen molar-refractivity contribution in [1.82, 2.24) is 0 Å². The molecule has 1 aromatic heterocycles. The van der Waals surface area contributed by atoms with Gasteiger partial charge in [-0.25, -0.2) is 0 Å². The first-order valence-corrected chi connectivity index (χ1v) is 19.4. The highest BCUT2D eigenvalue weighted by molar-refractivity contribution is 7.80. The summed E-state index contributed by atoms with van der Waals surface area (Å²) in [4.78, 5) is 3.32. The minimum Gasteiger partial charge on any atom is -0.456 e. The van der Waals surface area contributed by atoms with Crippen molar-refractivity contribution in [3.05, 3.63) is 206 Å². The highest BCUT2D eigenvalue weighted by Crippen LogP contribution is 2.45. The number of para-hydroxylation sites is 1. The van der Waals surface area contributed by atoms with Gasteiger partial charge in [0.15, 0.2) is 0 Å². The first-order chi connectivity index (χ1) is 27.6. The van der Waals surface area contributed by atoms with Crippen LogP contribution in [-0.4, -0.2) is 0 Å². The normalized spacial score (nSPS) is 11.4. The lowest BCUT2D eigenvalue weighted by Gasteiger charge is -2.27. The van der Waals surface area contributed by atoms with Crippen molar-refractivity contribution < 1.29 is 4.42 Å². The summed E-state index contributed by atoms with van der Waals surface area (Å²) in [5.41, 5.74) is 15.5. The van der Waals surface area contributed by atoms with Crippen molar-refractivity contribution in [3.63, 3.8) is 0 Å². The Balaban J connectivity index is 1.11. The van der Waals surface area contributed by atoms with Gasteiger partial charge in [0.05, 0.1) is 11.1 Å². The number of fused-ring (bicyclic) bond motifs is 4. The molecule has 0 aliphatic carbocycles. The SMILES string of the molecule is Cc1ccccc1-c1cccc(-c2ccc(N(c3ccc(-c4cccc5cccc(-c6ccccc6)c45)cc3)c3cccc4oc5ccccc5c34)cc2)c1S. The quantitative estimate of drug-likeness (QED) is 0.164. The Morgan fingerprint density at radius 1 is 0.393 bits per heavy atom. The van der Waals surface area contributed by atoms with Crippen LogP contribution in [0.15, 0.2) is 210 Å². The van der Waals surface area contributed by atoms with Crippen LogP contribution in [0.5, 0.6) is 0 Å². The van der Waals surface area contributed by atoms with E-state index in [0.29, 0.717) is 0 Å². The van der Waals surface area contributed by atoms with E-state index in [1.54, 1.807) is 0 Å². The molecule has 10 aromatic rings. The molecule has 0 bridgehead atoms. The molecular weight excluding hydrogens is 699 g/mol. The topological polar surface area (TPSA) is 16.4 Å². The zero-order valence-corrected chi connectivity index (χ0v) is 31.7. The van der Waals surface area contributed by atoms with Crippen LogP contribution in [0.4, 0.5) is 17.1 Å². The summed E-state index contributed by atoms with van der Waals surface area (Å²) in [5, 5.41) is 4.66. The van der Waals surface area contributed by atoms with Gasteiger partial charge in [-0.05, 0) is 110 Å². The molecule has 0 fully saturated rings. The number of rotatable bonds is 7. The largest absolute Gasteiger partial charge is 0.456 e. The third kappa shape index (κ3) is 5.85. The minimum absolute atomic E-state index is 0.860. The molecular formula is C53H37NOS. The van der Waals surface area contributed by atoms with Gasteiger partial charge in [0.1, 0.15) is 11.2 Å². The van der Waals surface area contributed by atoms with E-state index in [1.165, 1.54) is 44.2 Å². The molecule has 0 radical (unpaired) electrons. The monoisotopic (exact) mass is 735 g/mol. The second kappa shape index (κ2) is 14.1. The van der Waals surface area contributed by atoms with Crippen LogP contribution in [0, 0.1) is 6.92 Å². The number of anilines is 3. The number of nitrogens with zero attached hydrogens (tertiary/aromatic N) is 1. The fourth-order valence-electron chi connectivity index (χ4n) is 8.26. The third-order valence-corrected chi connectivity index (χ3v) is 11.4. The Labute approximate surface area is 332 Å². The van der Waals surface area contributed by atoms with Crippen molar-refractivity contribution in [2.75, 3.05) is 4.90 Å². The van der Waals surface area contributed by atoms with Crippen LogP contribution < -0.4 is 4.90 Å². The summed E-state index contributed by atoms with van der Waals surface area (Å²) in [6, 6.07) is 71.3. The molecule has 1 heterocycles. The first kappa shape index (κ1) is 33.7. The lowest BCUT2D eigenvalue weighted by molar-refractivity contribution is 0.669. The number of aryl methyl sites for hydroxylation is 1. The molecule has 0 unspecified atom stereocenters. The molecule has 0 spiro atoms. The second-order valence-corrected chi connectivity index (χ2v) is 14.7. The molecule has 3 heteroatoms. The molecule has 0 aliphatic heterocycles. The predicted octanol–water partition coefficient (Wildman–Crippen LogP) is 15.5. The highest BCUT2D eigenvalue weighted by Gasteiger charge is 2.20. The summed E-state index contributed by atoms with van der Waals surface area (Å²) in [5.74, 6) is 0. The van der Waals surface area contributed by atoms with Crippen LogP contribution in [0.1, 0.15) is 5.56 Å². The van der Waals surface area contributed by atoms with Gasteiger partial charge in [-0.2, -0.15) is 0 Å². The van der Waals surface area contributed by atoms with Crippen LogP contribution in [0.2, 0.25) is 0 Å². The first-order valence-electron chi connectivity index (χ1n) is 19.0. The maximum absolute atomic E-state index is 6.39. The van der Waals surface area contributed by atoms with Crippen molar-refractivity contribution >= 4 is 62.4 Å². The fourth-order valence-corrected chi connectivity index (χ4v) is 8.66. The molecule has 0 atom stereocenters. The van der Waals surface area contributed by atoms with Crippen molar-refractivity contribution in [3.8, 4) is 44.5 Å². The Bertz CT molecular complexity index is 3030. The highest BCUT2D eigenvalue weighted by atomic mass is 32.1. The standard InChI is InChI=1S/C53H37NOS/c1-35-13-5-6-18-42(35)46-23-11-22-45(53(46)56)38-29-33-41(34-30-38)54(48-24-12-26-50-52(48)47-19-7-8-25-49(47)55-50)40-31-27-37(28-32-40)44-21-10-17-39-16-9-20-43(51(39)44)36-14-3-2-4-15-36/h2-34,56H,1H3. The summed E-state index contributed by atoms with van der Waals surface area (Å²) < 4.78 is 6.39. The van der Waals surface area contributed by atoms with Crippen LogP contribution >= 0.6 is 12.6 Å². The molecule has 2 nitrogen and oxygen atoms in total. The molecule has 266 valence electrons. The smallest absolute Gasteiger partial charge is 0.137 e. The van der Waals surface area contributed by atoms with Crippen molar-refractivity contribution in [1.29, 1.82) is 0 Å². The Morgan fingerprint density at radius 2 is 0.911 bits per heavy atom. The number of furan rings is 1. The van der Waals surface area contributed by atoms with Crippen molar-refractivity contribution in [2.24, 2.45) is 0 Å². The van der Waals surface area contributed by atoms with E-state index in [1.807, 2.05) is 12.1 Å². The van der Waals surface area contributed by atoms with Crippen LogP contribution in [0.3, 0.4) is 0 Å². The molecule has 0 amide bonds. The number of thiol groups is 1. The van der Waals surface area contributed by atoms with E-state index in [-0.39, 0.29) is 0 Å². The van der Waals surface area contributed by atoms with Crippen molar-refractivity contribution in [2.45, 2.75) is 11.8 Å². The maximum Gasteiger partial charge on any atom is 0.137 e. The van der Waals surface area contributed by atoms with Gasteiger partial charge in [0.2, 0.25) is 0 Å². The molecule has 0 saturated heterocycles. The zero-order valence-electron chi connectivity index (χ0n) is 30.9. The van der Waals surface area contributed by atoms with E-state index in [0.717, 1.165) is 60.6 Å². The molecule has 0 aliphatic rings. The van der Waals surface area contributed by atoms with E-state index in [2.05, 4.69) is 200 Å². The summed E-state index contributed by atoms with van der Waals surface area (Å²) >= 11 is 5.10. The Kier molecular flexibility index (Phi) is 8.50. The lowest BCUT2D eigenvalue weighted by atomic mass is 9.91. The summed E-state index contributed by atoms with van der Waals surface area (Å²) in [6.45, 7) is 2.15. The van der Waals surface area contributed by atoms with Gasteiger partial charge in [-0.1, -0.05) is 158 Å². The fraction of sp³-hybridized carbons (Fsp3) is 0.0189. The van der Waals surface area contributed by atoms with Gasteiger partial charge < -0.3 is 9.32 Å². The summed E-state index contributed by atoms with van der Waals surface area (Å²) in [7, 11) is 0. The summed E-state index contributed by atoms with van der Waals surface area (Å²) in [6.07, 6.45) is 0. The Hall–Kier alpha value is -6.81. The van der Waals surface area contributed by atoms with Gasteiger partial charge in [0, 0.05) is 21.7 Å². The predicted molar refractivity (Wildman–Crippen MR) is 240 cm³/mol. The molecule has 0 N–H and O–H groups in total. The molecule has 9 aromatic carbocycles. The number of hydrogen-bond donors (Lipinski definition) is 1. The van der Waals surface area contributed by atoms with E-state index >= 15 is 0 Å².